The van der Waals surface area contributed by atoms with Crippen molar-refractivity contribution in [2.45, 2.75) is 44.8 Å². The van der Waals surface area contributed by atoms with E-state index in [9.17, 15) is 22.4 Å². The summed E-state index contributed by atoms with van der Waals surface area (Å²) < 4.78 is 54.0. The highest BCUT2D eigenvalue weighted by Crippen LogP contribution is 2.39. The van der Waals surface area contributed by atoms with Crippen molar-refractivity contribution in [2.75, 3.05) is 11.9 Å². The summed E-state index contributed by atoms with van der Waals surface area (Å²) in [7, 11) is 0. The zero-order chi connectivity index (χ0) is 22.9. The van der Waals surface area contributed by atoms with Crippen molar-refractivity contribution in [1.29, 1.82) is 0 Å². The quantitative estimate of drug-likeness (QED) is 0.366. The summed E-state index contributed by atoms with van der Waals surface area (Å²) in [4.78, 5) is 17.9. The smallest absolute Gasteiger partial charge is 0.338 e. The maximum atomic E-state index is 14.6. The van der Waals surface area contributed by atoms with Crippen LogP contribution < -0.4 is 5.32 Å². The zero-order valence-electron chi connectivity index (χ0n) is 17.5. The highest BCUT2D eigenvalue weighted by molar-refractivity contribution is 5.98. The number of halogens is 4. The third-order valence-corrected chi connectivity index (χ3v) is 6.00. The van der Waals surface area contributed by atoms with Crippen molar-refractivity contribution in [3.63, 3.8) is 0 Å². The summed E-state index contributed by atoms with van der Waals surface area (Å²) in [5, 5.41) is 4.34. The minimum absolute atomic E-state index is 0.122. The molecule has 1 amide bonds. The Balaban J connectivity index is 1.84. The maximum absolute atomic E-state index is 14.6. The average Bonchev–Trinajstić information content (AvgIpc) is 2.79. The Kier molecular flexibility index (Phi) is 6.04. The monoisotopic (exact) mass is 445 g/mol. The number of nitrogens with one attached hydrogen (secondary N) is 1. The summed E-state index contributed by atoms with van der Waals surface area (Å²) in [6.45, 7) is 2.68. The molecule has 1 N–H and O–H groups in total. The van der Waals surface area contributed by atoms with Gasteiger partial charge in [0.15, 0.2) is 5.82 Å². The Morgan fingerprint density at radius 1 is 1.19 bits per heavy atom. The Morgan fingerprint density at radius 3 is 2.69 bits per heavy atom. The van der Waals surface area contributed by atoms with Crippen molar-refractivity contribution in [1.82, 2.24) is 9.88 Å². The summed E-state index contributed by atoms with van der Waals surface area (Å²) >= 11 is 0. The number of hydrogen-bond donors (Lipinski definition) is 1. The van der Waals surface area contributed by atoms with E-state index in [4.69, 9.17) is 0 Å². The molecule has 1 aliphatic heterocycles. The molecule has 1 saturated heterocycles. The highest BCUT2D eigenvalue weighted by atomic mass is 19.4. The molecule has 2 aromatic carbocycles. The van der Waals surface area contributed by atoms with Gasteiger partial charge in [-0.3, -0.25) is 4.79 Å². The first kappa shape index (κ1) is 22.0. The first-order chi connectivity index (χ1) is 15.3. The second-order valence-corrected chi connectivity index (χ2v) is 7.90. The van der Waals surface area contributed by atoms with Gasteiger partial charge in [0, 0.05) is 23.7 Å². The molecule has 0 spiro atoms. The number of aryl methyl sites for hydroxylation is 1. The number of anilines is 2. The molecule has 1 atom stereocenters. The second-order valence-electron chi connectivity index (χ2n) is 7.90. The predicted octanol–water partition coefficient (Wildman–Crippen LogP) is 6.38. The number of hydrogen-bond acceptors (Lipinski definition) is 3. The van der Waals surface area contributed by atoms with Crippen LogP contribution in [0.5, 0.6) is 0 Å². The van der Waals surface area contributed by atoms with Gasteiger partial charge in [0.25, 0.3) is 0 Å². The van der Waals surface area contributed by atoms with Crippen molar-refractivity contribution in [3.8, 4) is 0 Å². The lowest BCUT2D eigenvalue weighted by atomic mass is 9.90. The molecule has 0 aliphatic carbocycles. The molecule has 4 nitrogen and oxygen atoms in total. The van der Waals surface area contributed by atoms with Crippen LogP contribution in [0.1, 0.15) is 48.9 Å². The first-order valence-electron chi connectivity index (χ1n) is 10.6. The maximum Gasteiger partial charge on any atom is 0.419 e. The summed E-state index contributed by atoms with van der Waals surface area (Å²) in [6.07, 6.45) is 1.17. The Bertz CT molecular complexity index is 1150. The van der Waals surface area contributed by atoms with Crippen LogP contribution in [0.15, 0.2) is 42.6 Å². The number of nitrogens with zero attached hydrogens (tertiary/aromatic N) is 2. The van der Waals surface area contributed by atoms with Crippen LogP contribution in [-0.2, 0) is 17.4 Å². The van der Waals surface area contributed by atoms with E-state index in [-0.39, 0.29) is 17.5 Å². The van der Waals surface area contributed by atoms with Gasteiger partial charge >= 0.3 is 6.18 Å². The van der Waals surface area contributed by atoms with Crippen molar-refractivity contribution in [3.05, 3.63) is 65.1 Å². The molecule has 1 fully saturated rings. The predicted molar refractivity (Wildman–Crippen MR) is 115 cm³/mol. The summed E-state index contributed by atoms with van der Waals surface area (Å²) in [5.41, 5.74) is 0.306. The number of alkyl halides is 3. The van der Waals surface area contributed by atoms with Gasteiger partial charge in [0.2, 0.25) is 6.41 Å². The molecule has 1 aromatic heterocycles. The molecule has 0 bridgehead atoms. The van der Waals surface area contributed by atoms with Crippen molar-refractivity contribution < 1.29 is 22.4 Å². The molecule has 1 unspecified atom stereocenters. The third-order valence-electron chi connectivity index (χ3n) is 6.00. The van der Waals surface area contributed by atoms with Gasteiger partial charge in [-0.15, -0.1) is 0 Å². The topological polar surface area (TPSA) is 45.2 Å². The fourth-order valence-electron chi connectivity index (χ4n) is 4.44. The Morgan fingerprint density at radius 2 is 1.97 bits per heavy atom. The largest absolute Gasteiger partial charge is 0.419 e. The van der Waals surface area contributed by atoms with Crippen LogP contribution in [-0.4, -0.2) is 22.8 Å². The van der Waals surface area contributed by atoms with Crippen LogP contribution in [0.25, 0.3) is 10.8 Å². The van der Waals surface area contributed by atoms with Crippen LogP contribution >= 0.6 is 0 Å². The molecular formula is C24H23F4N3O. The molecule has 4 rings (SSSR count). The molecular weight excluding hydrogens is 422 g/mol. The summed E-state index contributed by atoms with van der Waals surface area (Å²) in [5.74, 6) is -1.10. The van der Waals surface area contributed by atoms with Crippen molar-refractivity contribution in [2.24, 2.45) is 0 Å². The SMILES string of the molecule is CCc1cccc2c(Nc3cccc(C(F)(F)F)c3F)ncc(C3CCCCN3C=O)c12. The molecule has 168 valence electrons. The van der Waals surface area contributed by atoms with E-state index in [0.29, 0.717) is 18.0 Å². The first-order valence-corrected chi connectivity index (χ1v) is 10.6. The zero-order valence-corrected chi connectivity index (χ0v) is 17.5. The van der Waals surface area contributed by atoms with E-state index in [1.807, 2.05) is 25.1 Å². The molecule has 2 heterocycles. The van der Waals surface area contributed by atoms with Gasteiger partial charge in [-0.25, -0.2) is 9.37 Å². The number of likely N-dealkylation sites (tertiary alicyclic amines) is 1. The number of piperidine rings is 1. The molecule has 3 aromatic rings. The minimum Gasteiger partial charge on any atom is -0.338 e. The lowest BCUT2D eigenvalue weighted by Crippen LogP contribution is -2.32. The fraction of sp³-hybridized carbons (Fsp3) is 0.333. The number of benzene rings is 2. The van der Waals surface area contributed by atoms with Gasteiger partial charge in [0.1, 0.15) is 5.82 Å². The second kappa shape index (κ2) is 8.76. The Hall–Kier alpha value is -3.16. The van der Waals surface area contributed by atoms with Crippen LogP contribution in [0.2, 0.25) is 0 Å². The van der Waals surface area contributed by atoms with Crippen LogP contribution in [0.3, 0.4) is 0 Å². The van der Waals surface area contributed by atoms with Gasteiger partial charge in [0.05, 0.1) is 17.3 Å². The number of pyridine rings is 1. The van der Waals surface area contributed by atoms with E-state index in [2.05, 4.69) is 10.3 Å². The number of carbonyl (C=O) groups is 1. The number of carbonyl (C=O) groups excluding carboxylic acids is 1. The third kappa shape index (κ3) is 4.01. The minimum atomic E-state index is -4.80. The van der Waals surface area contributed by atoms with Crippen LogP contribution in [0.4, 0.5) is 29.1 Å². The molecule has 0 radical (unpaired) electrons. The lowest BCUT2D eigenvalue weighted by Gasteiger charge is -2.34. The van der Waals surface area contributed by atoms with E-state index in [1.54, 1.807) is 11.1 Å². The van der Waals surface area contributed by atoms with Gasteiger partial charge < -0.3 is 10.2 Å². The molecule has 8 heteroatoms. The number of rotatable bonds is 5. The fourth-order valence-corrected chi connectivity index (χ4v) is 4.44. The van der Waals surface area contributed by atoms with E-state index in [0.717, 1.165) is 54.7 Å². The number of fused-ring (bicyclic) bond motifs is 1. The molecule has 0 saturated carbocycles. The van der Waals surface area contributed by atoms with E-state index >= 15 is 0 Å². The summed E-state index contributed by atoms with van der Waals surface area (Å²) in [6, 6.07) is 8.64. The van der Waals surface area contributed by atoms with E-state index in [1.165, 1.54) is 6.07 Å². The van der Waals surface area contributed by atoms with Gasteiger partial charge in [-0.1, -0.05) is 31.2 Å². The average molecular weight is 445 g/mol. The standard InChI is InChI=1S/C24H23F4N3O/c1-2-15-7-5-8-16-21(15)17(20-11-3-4-12-31(20)14-32)13-29-23(16)30-19-10-6-9-18(22(19)25)24(26,27)28/h5-10,13-14,20H,2-4,11-12H2,1H3,(H,29,30). The Labute approximate surface area is 183 Å². The lowest BCUT2D eigenvalue weighted by molar-refractivity contribution is -0.139. The molecule has 32 heavy (non-hydrogen) atoms. The number of amides is 1. The van der Waals surface area contributed by atoms with Crippen LogP contribution in [0, 0.1) is 5.82 Å². The molecule has 1 aliphatic rings. The highest BCUT2D eigenvalue weighted by Gasteiger charge is 2.35. The van der Waals surface area contributed by atoms with Crippen molar-refractivity contribution >= 4 is 28.7 Å². The van der Waals surface area contributed by atoms with Gasteiger partial charge in [-0.05, 0) is 48.8 Å². The van der Waals surface area contributed by atoms with Gasteiger partial charge in [-0.2, -0.15) is 13.2 Å². The normalized spacial score (nSPS) is 16.9. The number of aromatic nitrogens is 1. The van der Waals surface area contributed by atoms with E-state index < -0.39 is 17.6 Å².